The summed E-state index contributed by atoms with van der Waals surface area (Å²) in [5, 5.41) is 11.3. The maximum atomic E-state index is 11.8. The SMILES string of the molecule is Cc1ccoc1C(=O)Nc1cc(C(=O)O)ccn1. The molecular weight excluding hydrogens is 236 g/mol. The van der Waals surface area contributed by atoms with E-state index in [1.807, 2.05) is 0 Å². The number of nitrogens with zero attached hydrogens (tertiary/aromatic N) is 1. The van der Waals surface area contributed by atoms with Crippen LogP contribution in [0.25, 0.3) is 0 Å². The molecule has 6 nitrogen and oxygen atoms in total. The molecule has 0 aliphatic carbocycles. The molecule has 0 saturated carbocycles. The minimum Gasteiger partial charge on any atom is -0.478 e. The minimum absolute atomic E-state index is 0.0523. The summed E-state index contributed by atoms with van der Waals surface area (Å²) in [7, 11) is 0. The van der Waals surface area contributed by atoms with Gasteiger partial charge in [-0.2, -0.15) is 0 Å². The van der Waals surface area contributed by atoms with E-state index in [1.165, 1.54) is 24.6 Å². The van der Waals surface area contributed by atoms with Gasteiger partial charge in [0.15, 0.2) is 5.76 Å². The van der Waals surface area contributed by atoms with E-state index in [2.05, 4.69) is 10.3 Å². The minimum atomic E-state index is -1.08. The number of carbonyl (C=O) groups excluding carboxylic acids is 1. The van der Waals surface area contributed by atoms with E-state index in [0.717, 1.165) is 0 Å². The number of nitrogens with one attached hydrogen (secondary N) is 1. The Morgan fingerprint density at radius 2 is 2.17 bits per heavy atom. The number of aryl methyl sites for hydroxylation is 1. The van der Waals surface area contributed by atoms with Gasteiger partial charge < -0.3 is 14.8 Å². The van der Waals surface area contributed by atoms with Crippen LogP contribution in [0.1, 0.15) is 26.5 Å². The number of pyridine rings is 1. The Morgan fingerprint density at radius 1 is 1.39 bits per heavy atom. The Morgan fingerprint density at radius 3 is 2.78 bits per heavy atom. The molecule has 0 atom stereocenters. The van der Waals surface area contributed by atoms with Gasteiger partial charge in [-0.3, -0.25) is 4.79 Å². The third kappa shape index (κ3) is 2.37. The van der Waals surface area contributed by atoms with Gasteiger partial charge >= 0.3 is 5.97 Å². The van der Waals surface area contributed by atoms with Gasteiger partial charge in [0, 0.05) is 11.8 Å². The van der Waals surface area contributed by atoms with Crippen molar-refractivity contribution in [3.8, 4) is 0 Å². The Balaban J connectivity index is 2.20. The normalized spacial score (nSPS) is 10.1. The standard InChI is InChI=1S/C12H10N2O4/c1-7-3-5-18-10(7)11(15)14-9-6-8(12(16)17)2-4-13-9/h2-6H,1H3,(H,16,17)(H,13,14,15). The number of hydrogen-bond acceptors (Lipinski definition) is 4. The second-order valence-electron chi connectivity index (χ2n) is 3.62. The van der Waals surface area contributed by atoms with Crippen molar-refractivity contribution in [3.63, 3.8) is 0 Å². The summed E-state index contributed by atoms with van der Waals surface area (Å²) in [6.45, 7) is 1.74. The summed E-state index contributed by atoms with van der Waals surface area (Å²) < 4.78 is 5.02. The molecule has 2 aromatic rings. The fraction of sp³-hybridized carbons (Fsp3) is 0.0833. The van der Waals surface area contributed by atoms with E-state index in [9.17, 15) is 9.59 Å². The quantitative estimate of drug-likeness (QED) is 0.863. The van der Waals surface area contributed by atoms with Gasteiger partial charge in [-0.15, -0.1) is 0 Å². The number of aromatic carboxylic acids is 1. The zero-order valence-electron chi connectivity index (χ0n) is 9.51. The third-order valence-corrected chi connectivity index (χ3v) is 2.32. The first-order valence-electron chi connectivity index (χ1n) is 5.12. The molecule has 0 radical (unpaired) electrons. The Bertz CT molecular complexity index is 604. The lowest BCUT2D eigenvalue weighted by Crippen LogP contribution is -2.13. The van der Waals surface area contributed by atoms with Crippen molar-refractivity contribution in [3.05, 3.63) is 47.5 Å². The second kappa shape index (κ2) is 4.70. The summed E-state index contributed by atoms with van der Waals surface area (Å²) in [6.07, 6.45) is 2.72. The number of carboxylic acid groups (broad SMARTS) is 1. The third-order valence-electron chi connectivity index (χ3n) is 2.32. The highest BCUT2D eigenvalue weighted by Gasteiger charge is 2.14. The molecule has 2 aromatic heterocycles. The molecule has 1 amide bonds. The van der Waals surface area contributed by atoms with Crippen LogP contribution >= 0.6 is 0 Å². The van der Waals surface area contributed by atoms with Crippen molar-refractivity contribution in [1.29, 1.82) is 0 Å². The van der Waals surface area contributed by atoms with Crippen LogP contribution in [0.15, 0.2) is 35.1 Å². The maximum absolute atomic E-state index is 11.8. The first kappa shape index (κ1) is 11.8. The Kier molecular flexibility index (Phi) is 3.09. The number of hydrogen-bond donors (Lipinski definition) is 2. The first-order chi connectivity index (χ1) is 8.58. The van der Waals surface area contributed by atoms with Crippen molar-refractivity contribution in [1.82, 2.24) is 4.98 Å². The topological polar surface area (TPSA) is 92.4 Å². The van der Waals surface area contributed by atoms with E-state index in [0.29, 0.717) is 5.56 Å². The van der Waals surface area contributed by atoms with Crippen molar-refractivity contribution < 1.29 is 19.1 Å². The number of rotatable bonds is 3. The van der Waals surface area contributed by atoms with Crippen LogP contribution in [-0.2, 0) is 0 Å². The predicted molar refractivity (Wildman–Crippen MR) is 62.6 cm³/mol. The van der Waals surface area contributed by atoms with Crippen molar-refractivity contribution >= 4 is 17.7 Å². The van der Waals surface area contributed by atoms with E-state index in [-0.39, 0.29) is 17.1 Å². The molecule has 92 valence electrons. The van der Waals surface area contributed by atoms with Crippen molar-refractivity contribution in [2.24, 2.45) is 0 Å². The number of anilines is 1. The average Bonchev–Trinajstić information content (AvgIpc) is 2.76. The van der Waals surface area contributed by atoms with Crippen LogP contribution in [0.3, 0.4) is 0 Å². The van der Waals surface area contributed by atoms with Gasteiger partial charge in [0.25, 0.3) is 5.91 Å². The average molecular weight is 246 g/mol. The van der Waals surface area contributed by atoms with E-state index >= 15 is 0 Å². The summed E-state index contributed by atoms with van der Waals surface area (Å²) in [6, 6.07) is 4.28. The molecule has 0 spiro atoms. The van der Waals surface area contributed by atoms with Crippen LogP contribution in [0.5, 0.6) is 0 Å². The molecule has 0 aromatic carbocycles. The van der Waals surface area contributed by atoms with E-state index in [4.69, 9.17) is 9.52 Å². The Hall–Kier alpha value is -2.63. The van der Waals surface area contributed by atoms with Gasteiger partial charge in [0.1, 0.15) is 5.82 Å². The summed E-state index contributed by atoms with van der Waals surface area (Å²) in [5.41, 5.74) is 0.748. The monoisotopic (exact) mass is 246 g/mol. The van der Waals surface area contributed by atoms with Gasteiger partial charge in [-0.1, -0.05) is 0 Å². The molecule has 18 heavy (non-hydrogen) atoms. The zero-order valence-corrected chi connectivity index (χ0v) is 9.51. The van der Waals surface area contributed by atoms with Crippen molar-refractivity contribution in [2.45, 2.75) is 6.92 Å². The number of furan rings is 1. The number of amides is 1. The van der Waals surface area contributed by atoms with Crippen LogP contribution in [0, 0.1) is 6.92 Å². The second-order valence-corrected chi connectivity index (χ2v) is 3.62. The van der Waals surface area contributed by atoms with Gasteiger partial charge in [0.2, 0.25) is 0 Å². The number of aromatic nitrogens is 1. The Labute approximate surface area is 102 Å². The molecule has 0 saturated heterocycles. The van der Waals surface area contributed by atoms with Crippen molar-refractivity contribution in [2.75, 3.05) is 5.32 Å². The molecular formula is C12H10N2O4. The van der Waals surface area contributed by atoms with Crippen LogP contribution in [0.4, 0.5) is 5.82 Å². The molecule has 0 unspecified atom stereocenters. The molecule has 0 aliphatic rings. The lowest BCUT2D eigenvalue weighted by atomic mass is 10.2. The fourth-order valence-electron chi connectivity index (χ4n) is 1.41. The molecule has 2 N–H and O–H groups in total. The van der Waals surface area contributed by atoms with Crippen LogP contribution in [-0.4, -0.2) is 22.0 Å². The fourth-order valence-corrected chi connectivity index (χ4v) is 1.41. The molecule has 2 rings (SSSR count). The zero-order chi connectivity index (χ0) is 13.1. The molecule has 2 heterocycles. The smallest absolute Gasteiger partial charge is 0.335 e. The van der Waals surface area contributed by atoms with Gasteiger partial charge in [-0.25, -0.2) is 9.78 Å². The molecule has 0 aliphatic heterocycles. The highest BCUT2D eigenvalue weighted by atomic mass is 16.4. The van der Waals surface area contributed by atoms with E-state index < -0.39 is 11.9 Å². The molecule has 0 bridgehead atoms. The summed E-state index contributed by atoms with van der Waals surface area (Å²) in [4.78, 5) is 26.4. The van der Waals surface area contributed by atoms with Crippen LogP contribution in [0.2, 0.25) is 0 Å². The summed E-state index contributed by atoms with van der Waals surface area (Å²) >= 11 is 0. The van der Waals surface area contributed by atoms with E-state index in [1.54, 1.807) is 13.0 Å². The highest BCUT2D eigenvalue weighted by molar-refractivity contribution is 6.03. The summed E-state index contributed by atoms with van der Waals surface area (Å²) in [5.74, 6) is -1.21. The van der Waals surface area contributed by atoms with Crippen LogP contribution < -0.4 is 5.32 Å². The number of carboxylic acids is 1. The molecule has 0 fully saturated rings. The number of carbonyl (C=O) groups is 2. The predicted octanol–water partition coefficient (Wildman–Crippen LogP) is 1.93. The highest BCUT2D eigenvalue weighted by Crippen LogP contribution is 2.12. The van der Waals surface area contributed by atoms with Gasteiger partial charge in [0.05, 0.1) is 11.8 Å². The lowest BCUT2D eigenvalue weighted by molar-refractivity contribution is 0.0696. The lowest BCUT2D eigenvalue weighted by Gasteiger charge is -2.03. The van der Waals surface area contributed by atoms with Gasteiger partial charge in [-0.05, 0) is 25.1 Å². The largest absolute Gasteiger partial charge is 0.478 e. The maximum Gasteiger partial charge on any atom is 0.335 e. The first-order valence-corrected chi connectivity index (χ1v) is 5.12. The molecule has 6 heteroatoms.